The van der Waals surface area contributed by atoms with Gasteiger partial charge in [-0.15, -0.1) is 6.58 Å². The minimum absolute atomic E-state index is 0.157. The van der Waals surface area contributed by atoms with Crippen LogP contribution in [0.2, 0.25) is 0 Å². The van der Waals surface area contributed by atoms with Crippen LogP contribution in [0.25, 0.3) is 0 Å². The highest BCUT2D eigenvalue weighted by molar-refractivity contribution is 5.89. The Kier molecular flexibility index (Phi) is 4.79. The smallest absolute Gasteiger partial charge is 0.321 e. The fraction of sp³-hybridized carbons (Fsp3) is 0.438. The third-order valence-corrected chi connectivity index (χ3v) is 4.00. The molecule has 0 saturated heterocycles. The standard InChI is InChI=1S/C16H22N2O2/c1-3-12-9-10-15(19)14(11-12)18(2)16(20)17-13-7-5-4-6-8-13/h3-8,12,14-15,19H,1,9-11H2,2H3,(H,17,20). The molecule has 0 heterocycles. The number of nitrogens with one attached hydrogen (secondary N) is 1. The van der Waals surface area contributed by atoms with Crippen molar-refractivity contribution >= 4 is 11.7 Å². The number of carbonyl (C=O) groups excluding carboxylic acids is 1. The quantitative estimate of drug-likeness (QED) is 0.833. The molecule has 4 heteroatoms. The van der Waals surface area contributed by atoms with E-state index in [-0.39, 0.29) is 12.1 Å². The zero-order chi connectivity index (χ0) is 14.5. The average molecular weight is 274 g/mol. The fourth-order valence-electron chi connectivity index (χ4n) is 2.68. The van der Waals surface area contributed by atoms with E-state index in [1.807, 2.05) is 36.4 Å². The van der Waals surface area contributed by atoms with E-state index in [2.05, 4.69) is 11.9 Å². The second-order valence-corrected chi connectivity index (χ2v) is 5.35. The van der Waals surface area contributed by atoms with Gasteiger partial charge in [0.1, 0.15) is 0 Å². The van der Waals surface area contributed by atoms with Crippen LogP contribution in [0, 0.1) is 5.92 Å². The van der Waals surface area contributed by atoms with Crippen molar-refractivity contribution in [3.63, 3.8) is 0 Å². The van der Waals surface area contributed by atoms with E-state index < -0.39 is 6.10 Å². The number of benzene rings is 1. The van der Waals surface area contributed by atoms with E-state index in [0.29, 0.717) is 12.3 Å². The highest BCUT2D eigenvalue weighted by Gasteiger charge is 2.32. The minimum Gasteiger partial charge on any atom is -0.391 e. The Labute approximate surface area is 120 Å². The Morgan fingerprint density at radius 3 is 2.75 bits per heavy atom. The molecular formula is C16H22N2O2. The summed E-state index contributed by atoms with van der Waals surface area (Å²) >= 11 is 0. The molecule has 1 aliphatic carbocycles. The number of urea groups is 1. The highest BCUT2D eigenvalue weighted by Crippen LogP contribution is 2.28. The summed E-state index contributed by atoms with van der Waals surface area (Å²) in [6.45, 7) is 3.82. The number of amides is 2. The number of hydrogen-bond donors (Lipinski definition) is 2. The number of hydrogen-bond acceptors (Lipinski definition) is 2. The molecule has 1 fully saturated rings. The maximum atomic E-state index is 12.2. The van der Waals surface area contributed by atoms with Gasteiger partial charge in [0.25, 0.3) is 0 Å². The van der Waals surface area contributed by atoms with Gasteiger partial charge in [0.05, 0.1) is 12.1 Å². The predicted octanol–water partition coefficient (Wildman–Crippen LogP) is 2.87. The molecule has 3 unspecified atom stereocenters. The second kappa shape index (κ2) is 6.57. The van der Waals surface area contributed by atoms with Gasteiger partial charge < -0.3 is 15.3 Å². The van der Waals surface area contributed by atoms with Crippen LogP contribution >= 0.6 is 0 Å². The summed E-state index contributed by atoms with van der Waals surface area (Å²) in [6.07, 6.45) is 3.88. The summed E-state index contributed by atoms with van der Waals surface area (Å²) in [5.74, 6) is 0.371. The lowest BCUT2D eigenvalue weighted by atomic mass is 9.83. The maximum absolute atomic E-state index is 12.2. The van der Waals surface area contributed by atoms with Crippen LogP contribution in [-0.2, 0) is 0 Å². The Balaban J connectivity index is 2.00. The molecule has 3 atom stereocenters. The van der Waals surface area contributed by atoms with Gasteiger partial charge in [-0.1, -0.05) is 24.3 Å². The van der Waals surface area contributed by atoms with Crippen LogP contribution in [0.15, 0.2) is 43.0 Å². The lowest BCUT2D eigenvalue weighted by molar-refractivity contribution is 0.0383. The van der Waals surface area contributed by atoms with Gasteiger partial charge in [0.15, 0.2) is 0 Å². The van der Waals surface area contributed by atoms with Crippen LogP contribution in [0.3, 0.4) is 0 Å². The third kappa shape index (κ3) is 3.39. The Morgan fingerprint density at radius 1 is 1.40 bits per heavy atom. The van der Waals surface area contributed by atoms with E-state index >= 15 is 0 Å². The first-order valence-electron chi connectivity index (χ1n) is 7.01. The summed E-state index contributed by atoms with van der Waals surface area (Å²) in [4.78, 5) is 13.8. The van der Waals surface area contributed by atoms with Crippen molar-refractivity contribution in [3.05, 3.63) is 43.0 Å². The van der Waals surface area contributed by atoms with Gasteiger partial charge in [0.2, 0.25) is 0 Å². The lowest BCUT2D eigenvalue weighted by Gasteiger charge is -2.37. The summed E-state index contributed by atoms with van der Waals surface area (Å²) in [6, 6.07) is 8.99. The van der Waals surface area contributed by atoms with Crippen LogP contribution in [0.1, 0.15) is 19.3 Å². The zero-order valence-electron chi connectivity index (χ0n) is 11.8. The predicted molar refractivity (Wildman–Crippen MR) is 80.6 cm³/mol. The van der Waals surface area contributed by atoms with Crippen molar-refractivity contribution in [2.75, 3.05) is 12.4 Å². The van der Waals surface area contributed by atoms with Crippen LogP contribution in [-0.4, -0.2) is 35.2 Å². The van der Waals surface area contributed by atoms with Gasteiger partial charge in [-0.05, 0) is 37.3 Å². The zero-order valence-corrected chi connectivity index (χ0v) is 11.8. The molecule has 4 nitrogen and oxygen atoms in total. The number of para-hydroxylation sites is 1. The number of allylic oxidation sites excluding steroid dienone is 1. The first-order chi connectivity index (χ1) is 9.61. The molecule has 2 N–H and O–H groups in total. The number of carbonyl (C=O) groups is 1. The van der Waals surface area contributed by atoms with Crippen molar-refractivity contribution in [1.82, 2.24) is 4.90 Å². The van der Waals surface area contributed by atoms with Crippen molar-refractivity contribution in [1.29, 1.82) is 0 Å². The molecule has 1 aromatic rings. The van der Waals surface area contributed by atoms with Crippen molar-refractivity contribution < 1.29 is 9.90 Å². The summed E-state index contributed by atoms with van der Waals surface area (Å²) in [5.41, 5.74) is 0.759. The average Bonchev–Trinajstić information content (AvgIpc) is 2.48. The van der Waals surface area contributed by atoms with E-state index in [4.69, 9.17) is 0 Å². The molecule has 2 amide bonds. The van der Waals surface area contributed by atoms with E-state index in [9.17, 15) is 9.90 Å². The Hall–Kier alpha value is -1.81. The molecule has 1 aliphatic rings. The molecule has 0 spiro atoms. The van der Waals surface area contributed by atoms with Gasteiger partial charge >= 0.3 is 6.03 Å². The fourth-order valence-corrected chi connectivity index (χ4v) is 2.68. The molecule has 1 saturated carbocycles. The van der Waals surface area contributed by atoms with Crippen LogP contribution < -0.4 is 5.32 Å². The lowest BCUT2D eigenvalue weighted by Crippen LogP contribution is -2.49. The molecule has 2 rings (SSSR count). The summed E-state index contributed by atoms with van der Waals surface area (Å²) in [5, 5.41) is 13.0. The van der Waals surface area contributed by atoms with E-state index in [1.54, 1.807) is 11.9 Å². The number of nitrogens with zero attached hydrogens (tertiary/aromatic N) is 1. The topological polar surface area (TPSA) is 52.6 Å². The molecule has 0 radical (unpaired) electrons. The van der Waals surface area contributed by atoms with Gasteiger partial charge in [-0.2, -0.15) is 0 Å². The Morgan fingerprint density at radius 2 is 2.10 bits per heavy atom. The summed E-state index contributed by atoms with van der Waals surface area (Å²) < 4.78 is 0. The third-order valence-electron chi connectivity index (χ3n) is 4.00. The molecule has 20 heavy (non-hydrogen) atoms. The molecule has 1 aromatic carbocycles. The van der Waals surface area contributed by atoms with Gasteiger partial charge in [-0.25, -0.2) is 4.79 Å². The molecular weight excluding hydrogens is 252 g/mol. The molecule has 108 valence electrons. The number of anilines is 1. The Bertz CT molecular complexity index is 461. The first-order valence-corrected chi connectivity index (χ1v) is 7.01. The normalized spacial score (nSPS) is 25.8. The highest BCUT2D eigenvalue weighted by atomic mass is 16.3. The minimum atomic E-state index is -0.460. The van der Waals surface area contributed by atoms with E-state index in [1.165, 1.54) is 0 Å². The number of rotatable bonds is 3. The number of aliphatic hydroxyl groups is 1. The largest absolute Gasteiger partial charge is 0.391 e. The van der Waals surface area contributed by atoms with Crippen molar-refractivity contribution in [2.45, 2.75) is 31.4 Å². The van der Waals surface area contributed by atoms with E-state index in [0.717, 1.165) is 18.5 Å². The first kappa shape index (κ1) is 14.6. The molecule has 0 aliphatic heterocycles. The number of likely N-dealkylation sites (N-methyl/N-ethyl adjacent to an activating group) is 1. The summed E-state index contributed by atoms with van der Waals surface area (Å²) in [7, 11) is 1.73. The maximum Gasteiger partial charge on any atom is 0.321 e. The molecule has 0 bridgehead atoms. The van der Waals surface area contributed by atoms with Crippen molar-refractivity contribution in [2.24, 2.45) is 5.92 Å². The van der Waals surface area contributed by atoms with Gasteiger partial charge in [-0.3, -0.25) is 0 Å². The van der Waals surface area contributed by atoms with Crippen LogP contribution in [0.4, 0.5) is 10.5 Å². The monoisotopic (exact) mass is 274 g/mol. The van der Waals surface area contributed by atoms with Gasteiger partial charge in [0, 0.05) is 12.7 Å². The number of aliphatic hydroxyl groups excluding tert-OH is 1. The second-order valence-electron chi connectivity index (χ2n) is 5.35. The molecule has 0 aromatic heterocycles. The van der Waals surface area contributed by atoms with Crippen molar-refractivity contribution in [3.8, 4) is 0 Å². The SMILES string of the molecule is C=CC1CCC(O)C(N(C)C(=O)Nc2ccccc2)C1. The van der Waals surface area contributed by atoms with Crippen LogP contribution in [0.5, 0.6) is 0 Å².